The number of nitro groups is 1. The molecule has 3 aromatic carbocycles. The zero-order valence-corrected chi connectivity index (χ0v) is 20.5. The molecule has 4 rings (SSSR count). The van der Waals surface area contributed by atoms with Crippen LogP contribution >= 0.6 is 34.5 Å². The number of ether oxygens (including phenoxy) is 2. The van der Waals surface area contributed by atoms with Crippen LogP contribution in [0.3, 0.4) is 0 Å². The van der Waals surface area contributed by atoms with E-state index in [1.807, 2.05) is 6.07 Å². The van der Waals surface area contributed by atoms with Gasteiger partial charge in [0.05, 0.1) is 33.2 Å². The number of nitrogens with one attached hydrogen (secondary N) is 1. The summed E-state index contributed by atoms with van der Waals surface area (Å²) in [5.41, 5.74) is 3.97. The van der Waals surface area contributed by atoms with Crippen molar-refractivity contribution in [2.24, 2.45) is 5.10 Å². The third-order valence-electron chi connectivity index (χ3n) is 4.88. The number of carbonyl (C=O) groups is 1. The third kappa shape index (κ3) is 5.89. The minimum Gasteiger partial charge on any atom is -0.493 e. The monoisotopic (exact) mass is 529 g/mol. The number of thiophene rings is 1. The number of carbonyl (C=O) groups excluding carboxylic acids is 1. The van der Waals surface area contributed by atoms with Gasteiger partial charge in [0.2, 0.25) is 0 Å². The highest BCUT2D eigenvalue weighted by Crippen LogP contribution is 2.30. The maximum absolute atomic E-state index is 12.5. The van der Waals surface area contributed by atoms with Gasteiger partial charge in [-0.1, -0.05) is 29.3 Å². The first kappa shape index (κ1) is 24.5. The number of rotatable bonds is 8. The Balaban J connectivity index is 1.40. The predicted molar refractivity (Wildman–Crippen MR) is 137 cm³/mol. The van der Waals surface area contributed by atoms with Crippen molar-refractivity contribution in [3.05, 3.63) is 96.8 Å². The number of benzene rings is 3. The van der Waals surface area contributed by atoms with E-state index in [1.165, 1.54) is 36.8 Å². The molecule has 0 atom stereocenters. The maximum atomic E-state index is 12.5. The lowest BCUT2D eigenvalue weighted by atomic mass is 10.2. The van der Waals surface area contributed by atoms with Gasteiger partial charge in [-0.25, -0.2) is 5.43 Å². The Labute approximate surface area is 213 Å². The Bertz CT molecular complexity index is 1450. The van der Waals surface area contributed by atoms with Crippen LogP contribution < -0.4 is 14.9 Å². The van der Waals surface area contributed by atoms with Crippen LogP contribution in [-0.2, 0) is 6.61 Å². The minimum absolute atomic E-state index is 0.0291. The highest BCUT2D eigenvalue weighted by molar-refractivity contribution is 7.20. The van der Waals surface area contributed by atoms with Gasteiger partial charge in [0.15, 0.2) is 11.5 Å². The van der Waals surface area contributed by atoms with E-state index in [-0.39, 0.29) is 12.3 Å². The lowest BCUT2D eigenvalue weighted by molar-refractivity contribution is -0.384. The Morgan fingerprint density at radius 2 is 1.91 bits per heavy atom. The van der Waals surface area contributed by atoms with E-state index in [1.54, 1.807) is 42.5 Å². The summed E-state index contributed by atoms with van der Waals surface area (Å²) in [6, 6.07) is 16.5. The van der Waals surface area contributed by atoms with Gasteiger partial charge < -0.3 is 9.47 Å². The SMILES string of the molecule is COc1cc(/C=N\NC(=O)c2cc3cc([N+](=O)[O-])ccc3s2)ccc1OCc1ccc(Cl)c(Cl)c1. The first-order valence-corrected chi connectivity index (χ1v) is 11.7. The van der Waals surface area contributed by atoms with Gasteiger partial charge in [-0.15, -0.1) is 11.3 Å². The Hall–Kier alpha value is -3.66. The van der Waals surface area contributed by atoms with Gasteiger partial charge in [0.25, 0.3) is 11.6 Å². The summed E-state index contributed by atoms with van der Waals surface area (Å²) in [6.07, 6.45) is 1.47. The van der Waals surface area contributed by atoms with E-state index in [9.17, 15) is 14.9 Å². The second-order valence-electron chi connectivity index (χ2n) is 7.24. The van der Waals surface area contributed by atoms with Gasteiger partial charge in [0.1, 0.15) is 6.61 Å². The topological polar surface area (TPSA) is 103 Å². The number of methoxy groups -OCH3 is 1. The normalized spacial score (nSPS) is 11.1. The zero-order chi connectivity index (χ0) is 24.9. The fraction of sp³-hybridized carbons (Fsp3) is 0.0833. The van der Waals surface area contributed by atoms with Crippen LogP contribution in [0.25, 0.3) is 10.1 Å². The summed E-state index contributed by atoms with van der Waals surface area (Å²) in [6.45, 7) is 0.273. The molecule has 0 spiro atoms. The number of nitrogens with zero attached hydrogens (tertiary/aromatic N) is 2. The summed E-state index contributed by atoms with van der Waals surface area (Å²) >= 11 is 13.2. The summed E-state index contributed by atoms with van der Waals surface area (Å²) in [5.74, 6) is 0.601. The van der Waals surface area contributed by atoms with Crippen LogP contribution in [0.1, 0.15) is 20.8 Å². The van der Waals surface area contributed by atoms with Crippen LogP contribution in [0.15, 0.2) is 65.8 Å². The van der Waals surface area contributed by atoms with Crippen molar-refractivity contribution in [1.82, 2.24) is 5.43 Å². The molecule has 178 valence electrons. The van der Waals surface area contributed by atoms with E-state index in [2.05, 4.69) is 10.5 Å². The molecule has 1 aromatic heterocycles. The number of hydrazone groups is 1. The van der Waals surface area contributed by atoms with E-state index in [0.717, 1.165) is 10.3 Å². The second kappa shape index (κ2) is 10.7. The van der Waals surface area contributed by atoms with Crippen molar-refractivity contribution in [2.45, 2.75) is 6.61 Å². The number of halogens is 2. The average molecular weight is 530 g/mol. The molecular weight excluding hydrogens is 513 g/mol. The molecule has 1 heterocycles. The number of non-ortho nitro benzene ring substituents is 1. The Kier molecular flexibility index (Phi) is 7.50. The van der Waals surface area contributed by atoms with Gasteiger partial charge in [-0.05, 0) is 53.6 Å². The fourth-order valence-electron chi connectivity index (χ4n) is 3.15. The molecule has 0 bridgehead atoms. The molecule has 0 fully saturated rings. The number of amides is 1. The number of hydrogen-bond donors (Lipinski definition) is 1. The van der Waals surface area contributed by atoms with Crippen LogP contribution in [-0.4, -0.2) is 24.2 Å². The van der Waals surface area contributed by atoms with Crippen molar-refractivity contribution in [2.75, 3.05) is 7.11 Å². The maximum Gasteiger partial charge on any atom is 0.281 e. The molecule has 0 radical (unpaired) electrons. The Morgan fingerprint density at radius 1 is 1.09 bits per heavy atom. The van der Waals surface area contributed by atoms with E-state index in [0.29, 0.717) is 37.4 Å². The van der Waals surface area contributed by atoms with Crippen LogP contribution in [0.4, 0.5) is 5.69 Å². The first-order chi connectivity index (χ1) is 16.8. The third-order valence-corrected chi connectivity index (χ3v) is 6.73. The molecule has 0 saturated heterocycles. The van der Waals surface area contributed by atoms with Gasteiger partial charge >= 0.3 is 0 Å². The van der Waals surface area contributed by atoms with Crippen LogP contribution in [0, 0.1) is 10.1 Å². The smallest absolute Gasteiger partial charge is 0.281 e. The quantitative estimate of drug-likeness (QED) is 0.160. The van der Waals surface area contributed by atoms with Crippen molar-refractivity contribution < 1.29 is 19.2 Å². The van der Waals surface area contributed by atoms with Crippen LogP contribution in [0.5, 0.6) is 11.5 Å². The van der Waals surface area contributed by atoms with Crippen molar-refractivity contribution in [1.29, 1.82) is 0 Å². The van der Waals surface area contributed by atoms with Gasteiger partial charge in [-0.2, -0.15) is 5.10 Å². The molecule has 0 aliphatic heterocycles. The second-order valence-corrected chi connectivity index (χ2v) is 9.13. The van der Waals surface area contributed by atoms with Gasteiger partial charge in [0, 0.05) is 22.2 Å². The summed E-state index contributed by atoms with van der Waals surface area (Å²) in [5, 5.41) is 16.5. The fourth-order valence-corrected chi connectivity index (χ4v) is 4.40. The lowest BCUT2D eigenvalue weighted by Gasteiger charge is -2.11. The minimum atomic E-state index is -0.473. The molecule has 0 aliphatic carbocycles. The molecule has 35 heavy (non-hydrogen) atoms. The number of fused-ring (bicyclic) bond motifs is 1. The molecule has 1 N–H and O–H groups in total. The molecular formula is C24H17Cl2N3O5S. The summed E-state index contributed by atoms with van der Waals surface area (Å²) in [7, 11) is 1.52. The highest BCUT2D eigenvalue weighted by atomic mass is 35.5. The molecule has 4 aromatic rings. The van der Waals surface area contributed by atoms with Gasteiger partial charge in [-0.3, -0.25) is 14.9 Å². The number of hydrogen-bond acceptors (Lipinski definition) is 7. The molecule has 0 aliphatic rings. The van der Waals surface area contributed by atoms with E-state index < -0.39 is 10.8 Å². The van der Waals surface area contributed by atoms with Crippen molar-refractivity contribution in [3.8, 4) is 11.5 Å². The standard InChI is InChI=1S/C24H17Cl2N3O5S/c1-33-21-9-14(3-6-20(21)34-13-15-2-5-18(25)19(26)8-15)12-27-28-24(30)23-11-16-10-17(29(31)32)4-7-22(16)35-23/h2-12H,13H2,1H3,(H,28,30)/b27-12-. The average Bonchev–Trinajstić information content (AvgIpc) is 3.28. The number of nitro benzene ring substituents is 1. The molecule has 8 nitrogen and oxygen atoms in total. The molecule has 0 unspecified atom stereocenters. The summed E-state index contributed by atoms with van der Waals surface area (Å²) < 4.78 is 12.0. The largest absolute Gasteiger partial charge is 0.493 e. The molecule has 1 amide bonds. The highest BCUT2D eigenvalue weighted by Gasteiger charge is 2.13. The Morgan fingerprint density at radius 3 is 2.66 bits per heavy atom. The molecule has 0 saturated carbocycles. The van der Waals surface area contributed by atoms with Crippen LogP contribution in [0.2, 0.25) is 10.0 Å². The summed E-state index contributed by atoms with van der Waals surface area (Å²) in [4.78, 5) is 23.3. The van der Waals surface area contributed by atoms with Crippen molar-refractivity contribution >= 4 is 62.4 Å². The van der Waals surface area contributed by atoms with E-state index in [4.69, 9.17) is 32.7 Å². The molecule has 11 heteroatoms. The van der Waals surface area contributed by atoms with E-state index >= 15 is 0 Å². The lowest BCUT2D eigenvalue weighted by Crippen LogP contribution is -2.16. The zero-order valence-electron chi connectivity index (χ0n) is 18.2. The predicted octanol–water partition coefficient (Wildman–Crippen LogP) is 6.47. The van der Waals surface area contributed by atoms with Crippen molar-refractivity contribution in [3.63, 3.8) is 0 Å². The first-order valence-electron chi connectivity index (χ1n) is 10.1.